The minimum atomic E-state index is -0.250. The molecule has 0 radical (unpaired) electrons. The number of benzene rings is 1. The Bertz CT molecular complexity index is 898. The molecule has 1 N–H and O–H groups in total. The van der Waals surface area contributed by atoms with E-state index in [0.717, 1.165) is 11.3 Å². The molecule has 1 aromatic carbocycles. The van der Waals surface area contributed by atoms with Gasteiger partial charge in [0.15, 0.2) is 5.82 Å². The second-order valence-corrected chi connectivity index (χ2v) is 6.68. The predicted octanol–water partition coefficient (Wildman–Crippen LogP) is 4.04. The Morgan fingerprint density at radius 3 is 2.60 bits per heavy atom. The predicted molar refractivity (Wildman–Crippen MR) is 98.4 cm³/mol. The van der Waals surface area contributed by atoms with Crippen LogP contribution in [0.2, 0.25) is 15.1 Å². The fourth-order valence-electron chi connectivity index (χ4n) is 2.32. The third-order valence-electron chi connectivity index (χ3n) is 3.53. The van der Waals surface area contributed by atoms with E-state index >= 15 is 0 Å². The number of carbonyl (C=O) groups excluding carboxylic acids is 1. The highest BCUT2D eigenvalue weighted by Gasteiger charge is 2.12. The van der Waals surface area contributed by atoms with E-state index in [0.29, 0.717) is 27.4 Å². The Labute approximate surface area is 159 Å². The number of aromatic nitrogens is 4. The smallest absolute Gasteiger partial charge is 0.247 e. The van der Waals surface area contributed by atoms with Crippen molar-refractivity contribution in [2.75, 3.05) is 5.32 Å². The topological polar surface area (TPSA) is 64.7 Å². The van der Waals surface area contributed by atoms with E-state index in [1.54, 1.807) is 35.1 Å². The number of hydrogen-bond acceptors (Lipinski definition) is 3. The summed E-state index contributed by atoms with van der Waals surface area (Å²) in [6.45, 7) is 2.35. The molecule has 2 aromatic heterocycles. The van der Waals surface area contributed by atoms with Crippen molar-refractivity contribution in [3.63, 3.8) is 0 Å². The number of nitrogens with one attached hydrogen (secondary N) is 1. The summed E-state index contributed by atoms with van der Waals surface area (Å²) in [5, 5.41) is 12.7. The second-order valence-electron chi connectivity index (χ2n) is 5.43. The molecule has 130 valence electrons. The Morgan fingerprint density at radius 2 is 1.96 bits per heavy atom. The summed E-state index contributed by atoms with van der Waals surface area (Å²) in [6, 6.07) is 7.12. The molecule has 0 aliphatic rings. The van der Waals surface area contributed by atoms with Crippen LogP contribution in [-0.2, 0) is 17.9 Å². The molecule has 0 unspecified atom stereocenters. The van der Waals surface area contributed by atoms with E-state index in [2.05, 4.69) is 15.5 Å². The van der Waals surface area contributed by atoms with Gasteiger partial charge in [-0.25, -0.2) is 0 Å². The van der Waals surface area contributed by atoms with Crippen molar-refractivity contribution in [3.05, 3.63) is 63.0 Å². The number of anilines is 1. The molecule has 6 nitrogen and oxygen atoms in total. The van der Waals surface area contributed by atoms with Gasteiger partial charge in [0.1, 0.15) is 6.54 Å². The zero-order valence-corrected chi connectivity index (χ0v) is 15.5. The summed E-state index contributed by atoms with van der Waals surface area (Å²) in [6.07, 6.45) is 3.05. The first-order chi connectivity index (χ1) is 11.9. The molecule has 0 saturated heterocycles. The summed E-state index contributed by atoms with van der Waals surface area (Å²) in [4.78, 5) is 12.1. The number of aryl methyl sites for hydroxylation is 1. The molecular formula is C16H14Cl3N5O. The SMILES string of the molecule is Cc1cc(NC(=O)Cn2cc(Cl)cn2)nn1Cc1c(Cl)cccc1Cl. The lowest BCUT2D eigenvalue weighted by atomic mass is 10.2. The highest BCUT2D eigenvalue weighted by atomic mass is 35.5. The number of halogens is 3. The first-order valence-electron chi connectivity index (χ1n) is 7.37. The van der Waals surface area contributed by atoms with E-state index < -0.39 is 0 Å². The molecule has 2 heterocycles. The molecule has 0 bridgehead atoms. The summed E-state index contributed by atoms with van der Waals surface area (Å²) < 4.78 is 3.18. The van der Waals surface area contributed by atoms with Crippen LogP contribution >= 0.6 is 34.8 Å². The Hall–Kier alpha value is -2.02. The molecule has 0 aliphatic heterocycles. The van der Waals surface area contributed by atoms with Gasteiger partial charge in [-0.2, -0.15) is 10.2 Å². The summed E-state index contributed by atoms with van der Waals surface area (Å²) in [5.41, 5.74) is 1.65. The Kier molecular flexibility index (Phi) is 5.32. The molecule has 0 saturated carbocycles. The third kappa shape index (κ3) is 4.34. The van der Waals surface area contributed by atoms with Crippen molar-refractivity contribution >= 4 is 46.5 Å². The Balaban J connectivity index is 1.71. The highest BCUT2D eigenvalue weighted by Crippen LogP contribution is 2.25. The standard InChI is InChI=1S/C16H14Cl3N5O/c1-10-5-15(21-16(25)9-23-7-11(17)6-20-23)22-24(10)8-12-13(18)3-2-4-14(12)19/h2-7H,8-9H2,1H3,(H,21,22,25). The van der Waals surface area contributed by atoms with Crippen LogP contribution in [0.25, 0.3) is 0 Å². The molecule has 0 spiro atoms. The van der Waals surface area contributed by atoms with Gasteiger partial charge in [-0.3, -0.25) is 14.2 Å². The van der Waals surface area contributed by atoms with Crippen molar-refractivity contribution in [2.24, 2.45) is 0 Å². The molecule has 0 atom stereocenters. The first kappa shape index (κ1) is 17.8. The molecule has 0 fully saturated rings. The summed E-state index contributed by atoms with van der Waals surface area (Å²) in [5.74, 6) is 0.198. The fraction of sp³-hybridized carbons (Fsp3) is 0.188. The molecule has 3 aromatic rings. The molecule has 0 aliphatic carbocycles. The van der Waals surface area contributed by atoms with Gasteiger partial charge in [0.25, 0.3) is 0 Å². The van der Waals surface area contributed by atoms with Crippen molar-refractivity contribution in [2.45, 2.75) is 20.0 Å². The highest BCUT2D eigenvalue weighted by molar-refractivity contribution is 6.36. The van der Waals surface area contributed by atoms with Gasteiger partial charge >= 0.3 is 0 Å². The molecule has 25 heavy (non-hydrogen) atoms. The van der Waals surface area contributed by atoms with Gasteiger partial charge < -0.3 is 5.32 Å². The van der Waals surface area contributed by atoms with Crippen molar-refractivity contribution in [3.8, 4) is 0 Å². The lowest BCUT2D eigenvalue weighted by molar-refractivity contribution is -0.116. The second kappa shape index (κ2) is 7.47. The maximum Gasteiger partial charge on any atom is 0.247 e. The maximum atomic E-state index is 12.1. The number of nitrogens with zero attached hydrogens (tertiary/aromatic N) is 4. The zero-order valence-electron chi connectivity index (χ0n) is 13.2. The number of amides is 1. The van der Waals surface area contributed by atoms with Crippen molar-refractivity contribution < 1.29 is 4.79 Å². The van der Waals surface area contributed by atoms with E-state index in [9.17, 15) is 4.79 Å². The van der Waals surface area contributed by atoms with Crippen LogP contribution in [0.3, 0.4) is 0 Å². The lowest BCUT2D eigenvalue weighted by Crippen LogP contribution is -2.19. The maximum absolute atomic E-state index is 12.1. The summed E-state index contributed by atoms with van der Waals surface area (Å²) >= 11 is 18.2. The molecule has 9 heteroatoms. The third-order valence-corrected chi connectivity index (χ3v) is 4.43. The van der Waals surface area contributed by atoms with Crippen LogP contribution in [0.1, 0.15) is 11.3 Å². The van der Waals surface area contributed by atoms with E-state index in [-0.39, 0.29) is 12.5 Å². The average Bonchev–Trinajstić information content (AvgIpc) is 3.09. The quantitative estimate of drug-likeness (QED) is 0.705. The van der Waals surface area contributed by atoms with Gasteiger partial charge in [-0.15, -0.1) is 0 Å². The van der Waals surface area contributed by atoms with E-state index in [4.69, 9.17) is 34.8 Å². The van der Waals surface area contributed by atoms with Crippen molar-refractivity contribution in [1.82, 2.24) is 19.6 Å². The van der Waals surface area contributed by atoms with Gasteiger partial charge in [-0.05, 0) is 19.1 Å². The minimum Gasteiger partial charge on any atom is -0.308 e. The monoisotopic (exact) mass is 397 g/mol. The van der Waals surface area contributed by atoms with Gasteiger partial charge in [0.05, 0.1) is 17.8 Å². The largest absolute Gasteiger partial charge is 0.308 e. The van der Waals surface area contributed by atoms with Crippen LogP contribution in [0.15, 0.2) is 36.7 Å². The molecule has 3 rings (SSSR count). The van der Waals surface area contributed by atoms with E-state index in [1.807, 2.05) is 6.92 Å². The normalized spacial score (nSPS) is 10.9. The zero-order chi connectivity index (χ0) is 18.0. The number of rotatable bonds is 5. The number of hydrogen-bond donors (Lipinski definition) is 1. The number of carbonyl (C=O) groups is 1. The lowest BCUT2D eigenvalue weighted by Gasteiger charge is -2.08. The van der Waals surface area contributed by atoms with Crippen molar-refractivity contribution in [1.29, 1.82) is 0 Å². The molecule has 1 amide bonds. The average molecular weight is 399 g/mol. The van der Waals surface area contributed by atoms with E-state index in [1.165, 1.54) is 10.9 Å². The van der Waals surface area contributed by atoms with Gasteiger partial charge in [0, 0.05) is 33.6 Å². The van der Waals surface area contributed by atoms with Crippen LogP contribution in [0, 0.1) is 6.92 Å². The van der Waals surface area contributed by atoms with Gasteiger partial charge in [0.2, 0.25) is 5.91 Å². The Morgan fingerprint density at radius 1 is 1.24 bits per heavy atom. The van der Waals surface area contributed by atoms with Crippen LogP contribution in [0.4, 0.5) is 5.82 Å². The van der Waals surface area contributed by atoms with Crippen LogP contribution in [0.5, 0.6) is 0 Å². The first-order valence-corrected chi connectivity index (χ1v) is 8.51. The van der Waals surface area contributed by atoms with Crippen LogP contribution in [-0.4, -0.2) is 25.5 Å². The minimum absolute atomic E-state index is 0.0506. The summed E-state index contributed by atoms with van der Waals surface area (Å²) in [7, 11) is 0. The fourth-order valence-corrected chi connectivity index (χ4v) is 2.99. The molecular weight excluding hydrogens is 385 g/mol. The van der Waals surface area contributed by atoms with Crippen LogP contribution < -0.4 is 5.32 Å². The van der Waals surface area contributed by atoms with Gasteiger partial charge in [-0.1, -0.05) is 40.9 Å².